The number of unbranched alkanes of at least 4 members (excludes halogenated alkanes) is 19. The van der Waals surface area contributed by atoms with Crippen molar-refractivity contribution in [3.63, 3.8) is 0 Å². The summed E-state index contributed by atoms with van der Waals surface area (Å²) >= 11 is 0. The highest BCUT2D eigenvalue weighted by molar-refractivity contribution is 7.47. The lowest BCUT2D eigenvalue weighted by atomic mass is 10.1. The van der Waals surface area contributed by atoms with E-state index in [1.807, 2.05) is 21.1 Å². The van der Waals surface area contributed by atoms with E-state index in [4.69, 9.17) is 18.5 Å². The van der Waals surface area contributed by atoms with Crippen molar-refractivity contribution in [2.24, 2.45) is 0 Å². The Kier molecular flexibility index (Phi) is 28.5. The molecule has 268 valence electrons. The number of rotatable bonds is 33. The van der Waals surface area contributed by atoms with Crippen molar-refractivity contribution in [1.29, 1.82) is 0 Å². The first-order valence-electron chi connectivity index (χ1n) is 18.3. The Morgan fingerprint density at radius 3 is 1.42 bits per heavy atom. The molecule has 0 aliphatic heterocycles. The summed E-state index contributed by atoms with van der Waals surface area (Å²) in [5, 5.41) is 0. The van der Waals surface area contributed by atoms with Crippen LogP contribution in [0.1, 0.15) is 162 Å². The van der Waals surface area contributed by atoms with Gasteiger partial charge in [0.05, 0.1) is 27.7 Å². The number of hydrogen-bond donors (Lipinski definition) is 1. The van der Waals surface area contributed by atoms with E-state index in [0.29, 0.717) is 23.9 Å². The molecule has 9 nitrogen and oxygen atoms in total. The summed E-state index contributed by atoms with van der Waals surface area (Å²) in [6, 6.07) is 0. The number of carbonyl (C=O) groups excluding carboxylic acids is 2. The minimum atomic E-state index is -4.35. The smallest absolute Gasteiger partial charge is 0.462 e. The van der Waals surface area contributed by atoms with Crippen molar-refractivity contribution in [2.75, 3.05) is 47.5 Å². The molecule has 0 aromatic carbocycles. The summed E-state index contributed by atoms with van der Waals surface area (Å²) in [5.41, 5.74) is 0. The Labute approximate surface area is 276 Å². The molecule has 0 aromatic heterocycles. The minimum Gasteiger partial charge on any atom is -0.462 e. The molecule has 0 fully saturated rings. The SMILES string of the molecule is CCCCCCCCCCCCCC(=O)O[C@H](COC(=O)CCCCCCCCCCCC)COP(=O)(O)OCC[N+](C)(C)C. The fourth-order valence-electron chi connectivity index (χ4n) is 4.95. The maximum absolute atomic E-state index is 12.6. The largest absolute Gasteiger partial charge is 0.472 e. The number of esters is 2. The highest BCUT2D eigenvalue weighted by Crippen LogP contribution is 2.43. The van der Waals surface area contributed by atoms with Crippen molar-refractivity contribution < 1.29 is 42.1 Å². The maximum atomic E-state index is 12.6. The molecule has 0 amide bonds. The van der Waals surface area contributed by atoms with E-state index in [1.54, 1.807) is 0 Å². The molecule has 0 spiro atoms. The third kappa shape index (κ3) is 32.7. The highest BCUT2D eigenvalue weighted by Gasteiger charge is 2.27. The summed E-state index contributed by atoms with van der Waals surface area (Å²) in [5.74, 6) is -0.795. The Morgan fingerprint density at radius 2 is 1.00 bits per heavy atom. The molecular weight excluding hydrogens is 593 g/mol. The van der Waals surface area contributed by atoms with Crippen molar-refractivity contribution in [3.8, 4) is 0 Å². The summed E-state index contributed by atoms with van der Waals surface area (Å²) < 4.78 is 34.1. The zero-order valence-corrected chi connectivity index (χ0v) is 30.8. The molecule has 0 saturated carbocycles. The number of ether oxygens (including phenoxy) is 2. The normalized spacial score (nSPS) is 13.8. The first kappa shape index (κ1) is 44.0. The van der Waals surface area contributed by atoms with Crippen LogP contribution in [0.25, 0.3) is 0 Å². The van der Waals surface area contributed by atoms with Gasteiger partial charge < -0.3 is 18.9 Å². The topological polar surface area (TPSA) is 108 Å². The quantitative estimate of drug-likeness (QED) is 0.0320. The van der Waals surface area contributed by atoms with Gasteiger partial charge in [-0.05, 0) is 12.8 Å². The van der Waals surface area contributed by atoms with Gasteiger partial charge in [0, 0.05) is 12.8 Å². The van der Waals surface area contributed by atoms with Gasteiger partial charge in [0.1, 0.15) is 19.8 Å². The summed E-state index contributed by atoms with van der Waals surface area (Å²) in [4.78, 5) is 35.0. The second kappa shape index (κ2) is 29.2. The Bertz CT molecular complexity index is 758. The van der Waals surface area contributed by atoms with Gasteiger partial charge in [-0.3, -0.25) is 18.6 Å². The lowest BCUT2D eigenvalue weighted by Gasteiger charge is -2.24. The van der Waals surface area contributed by atoms with Crippen molar-refractivity contribution in [1.82, 2.24) is 0 Å². The number of phosphoric ester groups is 1. The first-order valence-corrected chi connectivity index (χ1v) is 19.8. The van der Waals surface area contributed by atoms with E-state index in [1.165, 1.54) is 96.3 Å². The summed E-state index contributed by atoms with van der Waals surface area (Å²) in [7, 11) is 1.49. The predicted octanol–water partition coefficient (Wildman–Crippen LogP) is 9.29. The maximum Gasteiger partial charge on any atom is 0.472 e. The fraction of sp³-hybridized carbons (Fsp3) is 0.943. The zero-order chi connectivity index (χ0) is 33.7. The monoisotopic (exact) mass is 664 g/mol. The lowest BCUT2D eigenvalue weighted by molar-refractivity contribution is -0.870. The first-order chi connectivity index (χ1) is 21.5. The van der Waals surface area contributed by atoms with Crippen LogP contribution in [0.4, 0.5) is 0 Å². The summed E-state index contributed by atoms with van der Waals surface area (Å²) in [6.45, 7) is 4.39. The molecule has 0 radical (unpaired) electrons. The van der Waals surface area contributed by atoms with Gasteiger partial charge in [-0.25, -0.2) is 4.57 Å². The van der Waals surface area contributed by atoms with E-state index < -0.39 is 26.5 Å². The Balaban J connectivity index is 4.46. The number of hydrogen-bond acceptors (Lipinski definition) is 7. The van der Waals surface area contributed by atoms with Crippen LogP contribution >= 0.6 is 7.82 Å². The Morgan fingerprint density at radius 1 is 0.600 bits per heavy atom. The molecule has 1 unspecified atom stereocenters. The van der Waals surface area contributed by atoms with E-state index in [2.05, 4.69) is 13.8 Å². The van der Waals surface area contributed by atoms with E-state index in [0.717, 1.165) is 32.1 Å². The van der Waals surface area contributed by atoms with Crippen molar-refractivity contribution in [3.05, 3.63) is 0 Å². The average molecular weight is 665 g/mol. The van der Waals surface area contributed by atoms with Gasteiger partial charge in [-0.2, -0.15) is 0 Å². The van der Waals surface area contributed by atoms with Crippen LogP contribution in [0.3, 0.4) is 0 Å². The summed E-state index contributed by atoms with van der Waals surface area (Å²) in [6.07, 6.45) is 24.3. The number of likely N-dealkylation sites (N-methyl/N-ethyl adjacent to an activating group) is 1. The molecule has 0 aliphatic rings. The van der Waals surface area contributed by atoms with Gasteiger partial charge in [0.15, 0.2) is 6.10 Å². The van der Waals surface area contributed by atoms with Crippen LogP contribution in [0.5, 0.6) is 0 Å². The molecule has 0 heterocycles. The average Bonchev–Trinajstić information content (AvgIpc) is 2.97. The molecule has 0 bridgehead atoms. The molecule has 0 aromatic rings. The van der Waals surface area contributed by atoms with Crippen LogP contribution < -0.4 is 0 Å². The van der Waals surface area contributed by atoms with Crippen molar-refractivity contribution in [2.45, 2.75) is 168 Å². The predicted molar refractivity (Wildman–Crippen MR) is 183 cm³/mol. The van der Waals surface area contributed by atoms with Gasteiger partial charge in [0.2, 0.25) is 0 Å². The minimum absolute atomic E-state index is 0.0361. The van der Waals surface area contributed by atoms with Gasteiger partial charge >= 0.3 is 19.8 Å². The van der Waals surface area contributed by atoms with Gasteiger partial charge in [-0.15, -0.1) is 0 Å². The number of nitrogens with zero attached hydrogens (tertiary/aromatic N) is 1. The Hall–Kier alpha value is -0.990. The van der Waals surface area contributed by atoms with Crippen LogP contribution in [-0.4, -0.2) is 74.9 Å². The lowest BCUT2D eigenvalue weighted by Crippen LogP contribution is -2.37. The van der Waals surface area contributed by atoms with Crippen LogP contribution in [0.15, 0.2) is 0 Å². The molecule has 45 heavy (non-hydrogen) atoms. The van der Waals surface area contributed by atoms with E-state index >= 15 is 0 Å². The molecule has 2 atom stereocenters. The highest BCUT2D eigenvalue weighted by atomic mass is 31.2. The molecule has 1 N–H and O–H groups in total. The fourth-order valence-corrected chi connectivity index (χ4v) is 5.70. The second-order valence-corrected chi connectivity index (χ2v) is 15.1. The zero-order valence-electron chi connectivity index (χ0n) is 29.9. The molecule has 10 heteroatoms. The van der Waals surface area contributed by atoms with Crippen LogP contribution in [-0.2, 0) is 32.7 Å². The molecule has 0 aliphatic carbocycles. The third-order valence-corrected chi connectivity index (χ3v) is 8.87. The molecule has 0 rings (SSSR count). The number of carbonyl (C=O) groups is 2. The second-order valence-electron chi connectivity index (χ2n) is 13.6. The van der Waals surface area contributed by atoms with E-state index in [9.17, 15) is 19.0 Å². The van der Waals surface area contributed by atoms with Crippen LogP contribution in [0, 0.1) is 0 Å². The van der Waals surface area contributed by atoms with Crippen molar-refractivity contribution >= 4 is 19.8 Å². The van der Waals surface area contributed by atoms with E-state index in [-0.39, 0.29) is 25.6 Å². The van der Waals surface area contributed by atoms with Gasteiger partial charge in [-0.1, -0.05) is 136 Å². The molecular formula is C35H71NO8P+. The standard InChI is InChI=1S/C35H70NO8P/c1-6-8-10-12-14-16-18-20-22-24-26-28-35(38)44-33(32-43-45(39,40)42-30-29-36(3,4)5)31-41-34(37)27-25-23-21-19-17-15-13-11-9-7-2/h33H,6-32H2,1-5H3/p+1/t33-/m1/s1. The molecule has 0 saturated heterocycles. The number of phosphoric acid groups is 1. The van der Waals surface area contributed by atoms with Crippen LogP contribution in [0.2, 0.25) is 0 Å². The van der Waals surface area contributed by atoms with Gasteiger partial charge in [0.25, 0.3) is 0 Å². The number of quaternary nitrogens is 1. The third-order valence-electron chi connectivity index (χ3n) is 7.89.